The number of carbonyl (C=O) groups is 2. The molecular weight excluding hydrogens is 310 g/mol. The summed E-state index contributed by atoms with van der Waals surface area (Å²) in [7, 11) is 0. The number of carbonyl (C=O) groups excluding carboxylic acids is 2. The van der Waals surface area contributed by atoms with Gasteiger partial charge in [-0.15, -0.1) is 0 Å². The Bertz CT molecular complexity index is 732. The fourth-order valence-electron chi connectivity index (χ4n) is 2.13. The van der Waals surface area contributed by atoms with E-state index in [4.69, 9.17) is 0 Å². The van der Waals surface area contributed by atoms with Crippen molar-refractivity contribution in [3.63, 3.8) is 0 Å². The van der Waals surface area contributed by atoms with Crippen molar-refractivity contribution < 1.29 is 9.59 Å². The van der Waals surface area contributed by atoms with E-state index in [0.29, 0.717) is 28.4 Å². The molecule has 0 radical (unpaired) electrons. The minimum atomic E-state index is -0.262. The van der Waals surface area contributed by atoms with E-state index in [0.717, 1.165) is 12.1 Å². The van der Waals surface area contributed by atoms with E-state index in [-0.39, 0.29) is 11.7 Å². The second-order valence-electron chi connectivity index (χ2n) is 5.06. The van der Waals surface area contributed by atoms with Gasteiger partial charge in [-0.25, -0.2) is 9.97 Å². The van der Waals surface area contributed by atoms with E-state index in [1.165, 1.54) is 18.7 Å². The Balaban J connectivity index is 2.26. The summed E-state index contributed by atoms with van der Waals surface area (Å²) >= 11 is 1.45. The van der Waals surface area contributed by atoms with Gasteiger partial charge in [0.2, 0.25) is 0 Å². The third-order valence-corrected chi connectivity index (χ3v) is 3.85. The zero-order valence-electron chi connectivity index (χ0n) is 13.4. The molecule has 0 aliphatic carbocycles. The molecule has 0 atom stereocenters. The van der Waals surface area contributed by atoms with Gasteiger partial charge in [0.05, 0.1) is 11.3 Å². The molecular formula is C17H19N3O2S. The molecule has 1 amide bonds. The van der Waals surface area contributed by atoms with Crippen LogP contribution in [0.25, 0.3) is 0 Å². The van der Waals surface area contributed by atoms with Gasteiger partial charge in [-0.3, -0.25) is 9.59 Å². The lowest BCUT2D eigenvalue weighted by Crippen LogP contribution is -2.16. The van der Waals surface area contributed by atoms with Crippen molar-refractivity contribution in [2.75, 3.05) is 11.6 Å². The summed E-state index contributed by atoms with van der Waals surface area (Å²) in [5, 5.41) is 3.47. The van der Waals surface area contributed by atoms with E-state index in [1.54, 1.807) is 30.5 Å². The van der Waals surface area contributed by atoms with Crippen LogP contribution in [0, 0.1) is 0 Å². The maximum absolute atomic E-state index is 12.5. The number of aromatic nitrogens is 2. The Hall–Kier alpha value is -2.21. The number of hydrogen-bond acceptors (Lipinski definition) is 5. The van der Waals surface area contributed by atoms with Crippen LogP contribution in [0.4, 0.5) is 5.69 Å². The van der Waals surface area contributed by atoms with Crippen LogP contribution >= 0.6 is 11.8 Å². The van der Waals surface area contributed by atoms with E-state index in [2.05, 4.69) is 15.3 Å². The van der Waals surface area contributed by atoms with Gasteiger partial charge in [0.1, 0.15) is 0 Å². The summed E-state index contributed by atoms with van der Waals surface area (Å²) in [4.78, 5) is 32.5. The Morgan fingerprint density at radius 3 is 2.74 bits per heavy atom. The highest BCUT2D eigenvalue weighted by molar-refractivity contribution is 7.98. The van der Waals surface area contributed by atoms with E-state index < -0.39 is 0 Å². The van der Waals surface area contributed by atoms with Crippen LogP contribution < -0.4 is 5.32 Å². The zero-order valence-corrected chi connectivity index (χ0v) is 14.2. The lowest BCUT2D eigenvalue weighted by molar-refractivity contribution is 0.101. The van der Waals surface area contributed by atoms with Gasteiger partial charge in [-0.1, -0.05) is 37.2 Å². The smallest absolute Gasteiger partial charge is 0.259 e. The topological polar surface area (TPSA) is 72.0 Å². The highest BCUT2D eigenvalue weighted by Gasteiger charge is 2.14. The van der Waals surface area contributed by atoms with Crippen LogP contribution in [-0.2, 0) is 6.42 Å². The first-order valence-corrected chi connectivity index (χ1v) is 8.60. The summed E-state index contributed by atoms with van der Waals surface area (Å²) in [6.07, 6.45) is 5.07. The number of nitrogens with one attached hydrogen (secondary N) is 1. The number of ketones is 1. The summed E-state index contributed by atoms with van der Waals surface area (Å²) in [6.45, 7) is 3.54. The minimum Gasteiger partial charge on any atom is -0.322 e. The van der Waals surface area contributed by atoms with Gasteiger partial charge in [-0.05, 0) is 31.7 Å². The SMILES string of the molecule is CCCc1nc(SC)ncc1C(=O)Nc1cccc(C(C)=O)c1. The molecule has 120 valence electrons. The first kappa shape index (κ1) is 17.1. The molecule has 0 unspecified atom stereocenters. The molecule has 1 heterocycles. The van der Waals surface area contributed by atoms with Gasteiger partial charge in [0.15, 0.2) is 10.9 Å². The Kier molecular flexibility index (Phi) is 5.87. The number of hydrogen-bond donors (Lipinski definition) is 1. The molecule has 23 heavy (non-hydrogen) atoms. The largest absolute Gasteiger partial charge is 0.322 e. The normalized spacial score (nSPS) is 10.4. The third-order valence-electron chi connectivity index (χ3n) is 3.29. The molecule has 0 spiro atoms. The molecule has 0 aliphatic heterocycles. The van der Waals surface area contributed by atoms with Crippen molar-refractivity contribution in [2.45, 2.75) is 31.8 Å². The highest BCUT2D eigenvalue weighted by Crippen LogP contribution is 2.17. The lowest BCUT2D eigenvalue weighted by atomic mass is 10.1. The Morgan fingerprint density at radius 2 is 2.09 bits per heavy atom. The molecule has 0 saturated heterocycles. The molecule has 2 aromatic rings. The van der Waals surface area contributed by atoms with Gasteiger partial charge in [-0.2, -0.15) is 0 Å². The Morgan fingerprint density at radius 1 is 1.30 bits per heavy atom. The average molecular weight is 329 g/mol. The summed E-state index contributed by atoms with van der Waals surface area (Å²) in [5.41, 5.74) is 2.36. The summed E-state index contributed by atoms with van der Waals surface area (Å²) < 4.78 is 0. The first-order valence-electron chi connectivity index (χ1n) is 7.37. The van der Waals surface area contributed by atoms with Crippen LogP contribution in [0.1, 0.15) is 46.7 Å². The number of anilines is 1. The number of amides is 1. The van der Waals surface area contributed by atoms with Gasteiger partial charge >= 0.3 is 0 Å². The highest BCUT2D eigenvalue weighted by atomic mass is 32.2. The predicted octanol–water partition coefficient (Wildman–Crippen LogP) is 3.61. The molecule has 5 nitrogen and oxygen atoms in total. The maximum atomic E-state index is 12.5. The monoisotopic (exact) mass is 329 g/mol. The Labute approximate surface area is 139 Å². The van der Waals surface area contributed by atoms with Crippen molar-refractivity contribution in [2.24, 2.45) is 0 Å². The van der Waals surface area contributed by atoms with Crippen LogP contribution in [-0.4, -0.2) is 27.9 Å². The summed E-state index contributed by atoms with van der Waals surface area (Å²) in [5.74, 6) is -0.303. The second-order valence-corrected chi connectivity index (χ2v) is 5.83. The number of nitrogens with zero attached hydrogens (tertiary/aromatic N) is 2. The summed E-state index contributed by atoms with van der Waals surface area (Å²) in [6, 6.07) is 6.88. The van der Waals surface area contributed by atoms with Crippen molar-refractivity contribution in [1.29, 1.82) is 0 Å². The van der Waals surface area contributed by atoms with Gasteiger partial charge in [0, 0.05) is 17.4 Å². The van der Waals surface area contributed by atoms with Crippen LogP contribution in [0.5, 0.6) is 0 Å². The van der Waals surface area contributed by atoms with Crippen LogP contribution in [0.15, 0.2) is 35.6 Å². The quantitative estimate of drug-likeness (QED) is 0.498. The standard InChI is InChI=1S/C17H19N3O2S/c1-4-6-15-14(10-18-17(20-15)23-3)16(22)19-13-8-5-7-12(9-13)11(2)21/h5,7-10H,4,6H2,1-3H3,(H,19,22). The van der Waals surface area contributed by atoms with Gasteiger partial charge in [0.25, 0.3) is 5.91 Å². The zero-order chi connectivity index (χ0) is 16.8. The molecule has 1 aromatic heterocycles. The van der Waals surface area contributed by atoms with Crippen molar-refractivity contribution in [3.8, 4) is 0 Å². The second kappa shape index (κ2) is 7.87. The predicted molar refractivity (Wildman–Crippen MR) is 92.2 cm³/mol. The third kappa shape index (κ3) is 4.39. The molecule has 0 bridgehead atoms. The molecule has 6 heteroatoms. The number of thioether (sulfide) groups is 1. The van der Waals surface area contributed by atoms with Crippen molar-refractivity contribution in [3.05, 3.63) is 47.3 Å². The lowest BCUT2D eigenvalue weighted by Gasteiger charge is -2.10. The fourth-order valence-corrected chi connectivity index (χ4v) is 2.49. The molecule has 0 aliphatic rings. The molecule has 0 fully saturated rings. The molecule has 1 N–H and O–H groups in total. The minimum absolute atomic E-state index is 0.0413. The van der Waals surface area contributed by atoms with E-state index in [9.17, 15) is 9.59 Å². The number of Topliss-reactive ketones (excluding diaryl/α,β-unsaturated/α-hetero) is 1. The van der Waals surface area contributed by atoms with Crippen LogP contribution in [0.2, 0.25) is 0 Å². The maximum Gasteiger partial charge on any atom is 0.259 e. The van der Waals surface area contributed by atoms with Crippen LogP contribution in [0.3, 0.4) is 0 Å². The van der Waals surface area contributed by atoms with Gasteiger partial charge < -0.3 is 5.32 Å². The van der Waals surface area contributed by atoms with Crippen molar-refractivity contribution >= 4 is 29.1 Å². The first-order chi connectivity index (χ1) is 11.0. The fraction of sp³-hybridized carbons (Fsp3) is 0.294. The van der Waals surface area contributed by atoms with E-state index in [1.807, 2.05) is 13.2 Å². The molecule has 1 aromatic carbocycles. The average Bonchev–Trinajstić information content (AvgIpc) is 2.55. The number of aryl methyl sites for hydroxylation is 1. The molecule has 2 rings (SSSR count). The molecule has 0 saturated carbocycles. The number of benzene rings is 1. The number of rotatable bonds is 6. The van der Waals surface area contributed by atoms with Crippen molar-refractivity contribution in [1.82, 2.24) is 9.97 Å². The van der Waals surface area contributed by atoms with E-state index >= 15 is 0 Å².